The zero-order valence-electron chi connectivity index (χ0n) is 19.7. The molecule has 2 aromatic heterocycles. The Morgan fingerprint density at radius 1 is 1.06 bits per heavy atom. The number of nitrogens with one attached hydrogen (secondary N) is 1. The van der Waals surface area contributed by atoms with Crippen molar-refractivity contribution in [2.24, 2.45) is 7.05 Å². The lowest BCUT2D eigenvalue weighted by atomic mass is 10.0. The van der Waals surface area contributed by atoms with Crippen molar-refractivity contribution in [1.82, 2.24) is 29.9 Å². The number of aryl methyl sites for hydroxylation is 1. The SMILES string of the molecule is Cn1nc(-c2cccc(F)c2)c2cc(C(=O)N3CC(NC4CCN(C(=O)c5cscn5)C4)C3)ccc21. The van der Waals surface area contributed by atoms with Gasteiger partial charge in [-0.2, -0.15) is 5.10 Å². The molecule has 2 aliphatic heterocycles. The van der Waals surface area contributed by atoms with Crippen molar-refractivity contribution in [3.8, 4) is 11.3 Å². The van der Waals surface area contributed by atoms with Gasteiger partial charge < -0.3 is 15.1 Å². The molecule has 6 rings (SSSR count). The zero-order chi connectivity index (χ0) is 24.8. The number of carbonyl (C=O) groups is 2. The van der Waals surface area contributed by atoms with E-state index in [0.29, 0.717) is 48.7 Å². The normalized spacial score (nSPS) is 18.1. The van der Waals surface area contributed by atoms with Crippen molar-refractivity contribution in [2.45, 2.75) is 18.5 Å². The van der Waals surface area contributed by atoms with Crippen molar-refractivity contribution in [2.75, 3.05) is 26.2 Å². The third kappa shape index (κ3) is 4.16. The lowest BCUT2D eigenvalue weighted by molar-refractivity contribution is 0.0553. The van der Waals surface area contributed by atoms with Crippen molar-refractivity contribution in [1.29, 1.82) is 0 Å². The van der Waals surface area contributed by atoms with Crippen LogP contribution in [0.2, 0.25) is 0 Å². The Labute approximate surface area is 211 Å². The van der Waals surface area contributed by atoms with E-state index in [4.69, 9.17) is 0 Å². The number of amides is 2. The van der Waals surface area contributed by atoms with Crippen LogP contribution in [0.4, 0.5) is 4.39 Å². The molecule has 0 saturated carbocycles. The fraction of sp³-hybridized carbons (Fsp3) is 0.308. The molecule has 2 aliphatic rings. The zero-order valence-corrected chi connectivity index (χ0v) is 20.5. The first-order chi connectivity index (χ1) is 17.5. The molecule has 1 unspecified atom stereocenters. The second kappa shape index (κ2) is 9.11. The van der Waals surface area contributed by atoms with Crippen LogP contribution in [-0.4, -0.2) is 74.6 Å². The fourth-order valence-electron chi connectivity index (χ4n) is 5.07. The molecule has 2 aromatic carbocycles. The average molecular weight is 505 g/mol. The Bertz CT molecular complexity index is 1450. The summed E-state index contributed by atoms with van der Waals surface area (Å²) in [5, 5.41) is 10.8. The number of carbonyl (C=O) groups excluding carboxylic acids is 2. The number of rotatable bonds is 5. The summed E-state index contributed by atoms with van der Waals surface area (Å²) >= 11 is 1.42. The molecule has 184 valence electrons. The van der Waals surface area contributed by atoms with E-state index in [-0.39, 0.29) is 29.7 Å². The summed E-state index contributed by atoms with van der Waals surface area (Å²) in [6, 6.07) is 12.3. The molecule has 1 N–H and O–H groups in total. The molecule has 0 bridgehead atoms. The molecule has 2 amide bonds. The maximum atomic E-state index is 13.8. The van der Waals surface area contributed by atoms with Gasteiger partial charge in [0.1, 0.15) is 17.2 Å². The van der Waals surface area contributed by atoms with E-state index < -0.39 is 0 Å². The van der Waals surface area contributed by atoms with Crippen molar-refractivity contribution in [3.63, 3.8) is 0 Å². The first kappa shape index (κ1) is 22.8. The number of aromatic nitrogens is 3. The Kier molecular flexibility index (Phi) is 5.77. The second-order valence-corrected chi connectivity index (χ2v) is 10.1. The quantitative estimate of drug-likeness (QED) is 0.452. The van der Waals surface area contributed by atoms with E-state index in [1.54, 1.807) is 21.6 Å². The minimum absolute atomic E-state index is 0.0191. The summed E-state index contributed by atoms with van der Waals surface area (Å²) in [4.78, 5) is 33.5. The molecule has 36 heavy (non-hydrogen) atoms. The highest BCUT2D eigenvalue weighted by atomic mass is 32.1. The smallest absolute Gasteiger partial charge is 0.273 e. The van der Waals surface area contributed by atoms with E-state index in [0.717, 1.165) is 17.3 Å². The standard InChI is InChI=1S/C26H25FN6O2S/c1-31-23-6-5-17(10-21(23)24(30-31)16-3-2-4-18(27)9-16)25(34)33-12-20(13-33)29-19-7-8-32(11-19)26(35)22-14-36-15-28-22/h2-6,9-10,14-15,19-20,29H,7-8,11-13H2,1H3. The lowest BCUT2D eigenvalue weighted by Crippen LogP contribution is -2.62. The van der Waals surface area contributed by atoms with Crippen LogP contribution in [0.15, 0.2) is 53.4 Å². The predicted octanol–water partition coefficient (Wildman–Crippen LogP) is 3.16. The van der Waals surface area contributed by atoms with Gasteiger partial charge in [0.05, 0.1) is 11.0 Å². The summed E-state index contributed by atoms with van der Waals surface area (Å²) < 4.78 is 15.6. The summed E-state index contributed by atoms with van der Waals surface area (Å²) in [7, 11) is 1.84. The molecule has 2 fully saturated rings. The third-order valence-electron chi connectivity index (χ3n) is 6.96. The van der Waals surface area contributed by atoms with Crippen molar-refractivity contribution < 1.29 is 14.0 Å². The van der Waals surface area contributed by atoms with Gasteiger partial charge >= 0.3 is 0 Å². The van der Waals surface area contributed by atoms with Crippen LogP contribution in [0.1, 0.15) is 27.3 Å². The van der Waals surface area contributed by atoms with Gasteiger partial charge in [-0.25, -0.2) is 9.37 Å². The minimum atomic E-state index is -0.324. The van der Waals surface area contributed by atoms with Crippen LogP contribution in [0, 0.1) is 5.82 Å². The molecule has 8 nitrogen and oxygen atoms in total. The molecular weight excluding hydrogens is 479 g/mol. The largest absolute Gasteiger partial charge is 0.336 e. The first-order valence-electron chi connectivity index (χ1n) is 11.9. The number of halogens is 1. The molecule has 4 heterocycles. The molecule has 2 saturated heterocycles. The molecule has 10 heteroatoms. The molecule has 0 radical (unpaired) electrons. The van der Waals surface area contributed by atoms with Crippen LogP contribution in [0.5, 0.6) is 0 Å². The maximum Gasteiger partial charge on any atom is 0.273 e. The monoisotopic (exact) mass is 504 g/mol. The predicted molar refractivity (Wildman–Crippen MR) is 135 cm³/mol. The van der Waals surface area contributed by atoms with Crippen LogP contribution in [0.25, 0.3) is 22.2 Å². The topological polar surface area (TPSA) is 83.4 Å². The lowest BCUT2D eigenvalue weighted by Gasteiger charge is -2.41. The number of hydrogen-bond acceptors (Lipinski definition) is 6. The fourth-order valence-corrected chi connectivity index (χ4v) is 5.60. The molecular formula is C26H25FN6O2S. The van der Waals surface area contributed by atoms with E-state index in [1.165, 1.54) is 23.5 Å². The van der Waals surface area contributed by atoms with E-state index in [1.807, 2.05) is 41.1 Å². The molecule has 0 spiro atoms. The van der Waals surface area contributed by atoms with E-state index >= 15 is 0 Å². The van der Waals surface area contributed by atoms with Gasteiger partial charge in [0.25, 0.3) is 11.8 Å². The summed E-state index contributed by atoms with van der Waals surface area (Å²) in [5.74, 6) is -0.374. The number of benzene rings is 2. The third-order valence-corrected chi connectivity index (χ3v) is 7.55. The first-order valence-corrected chi connectivity index (χ1v) is 12.9. The van der Waals surface area contributed by atoms with Crippen LogP contribution in [0.3, 0.4) is 0 Å². The Hall–Kier alpha value is -3.63. The second-order valence-electron chi connectivity index (χ2n) is 9.40. The minimum Gasteiger partial charge on any atom is -0.336 e. The average Bonchev–Trinajstić information content (AvgIpc) is 3.61. The molecule has 4 aromatic rings. The maximum absolute atomic E-state index is 13.8. The molecule has 1 atom stereocenters. The Balaban J connectivity index is 1.10. The van der Waals surface area contributed by atoms with Crippen molar-refractivity contribution in [3.05, 3.63) is 70.4 Å². The highest BCUT2D eigenvalue weighted by Gasteiger charge is 2.35. The van der Waals surface area contributed by atoms with Crippen LogP contribution >= 0.6 is 11.3 Å². The Morgan fingerprint density at radius 2 is 1.89 bits per heavy atom. The van der Waals surface area contributed by atoms with Gasteiger partial charge in [0.15, 0.2) is 0 Å². The van der Waals surface area contributed by atoms with Gasteiger partial charge in [0.2, 0.25) is 0 Å². The highest BCUT2D eigenvalue weighted by molar-refractivity contribution is 7.07. The highest BCUT2D eigenvalue weighted by Crippen LogP contribution is 2.29. The number of nitrogens with zero attached hydrogens (tertiary/aromatic N) is 5. The summed E-state index contributed by atoms with van der Waals surface area (Å²) in [5.41, 5.74) is 4.99. The van der Waals surface area contributed by atoms with Gasteiger partial charge in [-0.05, 0) is 36.8 Å². The van der Waals surface area contributed by atoms with Crippen LogP contribution < -0.4 is 5.32 Å². The Morgan fingerprint density at radius 3 is 2.67 bits per heavy atom. The van der Waals surface area contributed by atoms with Gasteiger partial charge in [0, 0.05) is 67.2 Å². The number of hydrogen-bond donors (Lipinski definition) is 1. The summed E-state index contributed by atoms with van der Waals surface area (Å²) in [6.07, 6.45) is 0.890. The number of thiazole rings is 1. The van der Waals surface area contributed by atoms with Gasteiger partial charge in [-0.1, -0.05) is 12.1 Å². The summed E-state index contributed by atoms with van der Waals surface area (Å²) in [6.45, 7) is 2.61. The van der Waals surface area contributed by atoms with Crippen molar-refractivity contribution >= 4 is 34.1 Å². The molecule has 0 aliphatic carbocycles. The number of likely N-dealkylation sites (tertiary alicyclic amines) is 2. The van der Waals surface area contributed by atoms with Gasteiger partial charge in [-0.15, -0.1) is 11.3 Å². The van der Waals surface area contributed by atoms with Crippen LogP contribution in [-0.2, 0) is 7.05 Å². The van der Waals surface area contributed by atoms with Gasteiger partial charge in [-0.3, -0.25) is 14.3 Å². The van der Waals surface area contributed by atoms with E-state index in [9.17, 15) is 14.0 Å². The van der Waals surface area contributed by atoms with E-state index in [2.05, 4.69) is 15.4 Å². The number of fused-ring (bicyclic) bond motifs is 1.